The van der Waals surface area contributed by atoms with Gasteiger partial charge in [0.1, 0.15) is 0 Å². The molecule has 0 aliphatic carbocycles. The van der Waals surface area contributed by atoms with Gasteiger partial charge in [-0.25, -0.2) is 0 Å². The van der Waals surface area contributed by atoms with Gasteiger partial charge in [0.25, 0.3) is 5.69 Å². The van der Waals surface area contributed by atoms with Crippen LogP contribution < -0.4 is 5.32 Å². The van der Waals surface area contributed by atoms with Crippen LogP contribution >= 0.6 is 0 Å². The zero-order valence-corrected chi connectivity index (χ0v) is 16.5. The number of non-ortho nitro benzene ring substituents is 1. The molecular weight excluding hydrogens is 366 g/mol. The Morgan fingerprint density at radius 3 is 2.41 bits per heavy atom. The third-order valence-electron chi connectivity index (χ3n) is 4.65. The van der Waals surface area contributed by atoms with Crippen LogP contribution in [-0.2, 0) is 11.3 Å². The lowest BCUT2D eigenvalue weighted by Gasteiger charge is -2.19. The van der Waals surface area contributed by atoms with Crippen molar-refractivity contribution in [3.8, 4) is 11.1 Å². The Kier molecular flexibility index (Phi) is 6.36. The van der Waals surface area contributed by atoms with Crippen LogP contribution in [-0.4, -0.2) is 29.3 Å². The molecule has 6 heteroatoms. The number of carbonyl (C=O) groups excluding carboxylic acids is 1. The number of nitrogens with zero attached hydrogens (tertiary/aromatic N) is 2. The number of amides is 1. The van der Waals surface area contributed by atoms with Gasteiger partial charge in [-0.1, -0.05) is 54.6 Å². The number of nitro groups is 1. The number of carbonyl (C=O) groups is 1. The van der Waals surface area contributed by atoms with Crippen LogP contribution in [0.25, 0.3) is 11.1 Å². The normalized spacial score (nSPS) is 10.7. The van der Waals surface area contributed by atoms with Crippen LogP contribution in [0.3, 0.4) is 0 Å². The average Bonchev–Trinajstić information content (AvgIpc) is 2.70. The molecule has 1 N–H and O–H groups in total. The van der Waals surface area contributed by atoms with Gasteiger partial charge >= 0.3 is 0 Å². The van der Waals surface area contributed by atoms with Gasteiger partial charge < -0.3 is 5.32 Å². The van der Waals surface area contributed by atoms with Crippen molar-refractivity contribution >= 4 is 17.3 Å². The fourth-order valence-corrected chi connectivity index (χ4v) is 3.24. The van der Waals surface area contributed by atoms with E-state index >= 15 is 0 Å². The van der Waals surface area contributed by atoms with Crippen LogP contribution in [0.15, 0.2) is 72.8 Å². The number of nitro benzene ring substituents is 1. The van der Waals surface area contributed by atoms with E-state index in [-0.39, 0.29) is 18.1 Å². The third-order valence-corrected chi connectivity index (χ3v) is 4.65. The summed E-state index contributed by atoms with van der Waals surface area (Å²) in [5.41, 5.74) is 4.67. The first-order valence-corrected chi connectivity index (χ1v) is 9.31. The molecule has 148 valence electrons. The topological polar surface area (TPSA) is 75.5 Å². The summed E-state index contributed by atoms with van der Waals surface area (Å²) in [6.45, 7) is 2.57. The second kappa shape index (κ2) is 9.12. The first kappa shape index (κ1) is 20.2. The summed E-state index contributed by atoms with van der Waals surface area (Å²) in [6.07, 6.45) is 0. The highest BCUT2D eigenvalue weighted by atomic mass is 16.6. The van der Waals surface area contributed by atoms with E-state index in [1.165, 1.54) is 12.1 Å². The molecule has 0 radical (unpaired) electrons. The molecule has 0 bridgehead atoms. The lowest BCUT2D eigenvalue weighted by molar-refractivity contribution is -0.384. The lowest BCUT2D eigenvalue weighted by Crippen LogP contribution is -2.30. The summed E-state index contributed by atoms with van der Waals surface area (Å²) in [4.78, 5) is 24.8. The fraction of sp³-hybridized carbons (Fsp3) is 0.174. The van der Waals surface area contributed by atoms with Crippen molar-refractivity contribution in [1.29, 1.82) is 0 Å². The molecule has 6 nitrogen and oxygen atoms in total. The number of aryl methyl sites for hydroxylation is 1. The molecule has 3 rings (SSSR count). The van der Waals surface area contributed by atoms with Gasteiger partial charge in [0.05, 0.1) is 11.5 Å². The standard InChI is InChI=1S/C23H23N3O3/c1-17-14-20(26(28)29)12-13-22(17)24-23(27)16-25(2)15-19-10-6-7-11-21(19)18-8-4-3-5-9-18/h3-14H,15-16H2,1-2H3,(H,24,27). The maximum Gasteiger partial charge on any atom is 0.269 e. The molecule has 0 aliphatic rings. The van der Waals surface area contributed by atoms with Crippen LogP contribution in [0.1, 0.15) is 11.1 Å². The highest BCUT2D eigenvalue weighted by molar-refractivity contribution is 5.93. The molecule has 0 spiro atoms. The first-order chi connectivity index (χ1) is 13.9. The van der Waals surface area contributed by atoms with Crippen molar-refractivity contribution < 1.29 is 9.72 Å². The second-order valence-corrected chi connectivity index (χ2v) is 7.00. The predicted molar refractivity (Wildman–Crippen MR) is 115 cm³/mol. The highest BCUT2D eigenvalue weighted by Crippen LogP contribution is 2.24. The van der Waals surface area contributed by atoms with Gasteiger partial charge in [-0.3, -0.25) is 19.8 Å². The van der Waals surface area contributed by atoms with Gasteiger partial charge in [-0.05, 0) is 42.3 Å². The summed E-state index contributed by atoms with van der Waals surface area (Å²) in [6, 6.07) is 22.7. The minimum atomic E-state index is -0.448. The summed E-state index contributed by atoms with van der Waals surface area (Å²) in [5.74, 6) is -0.165. The van der Waals surface area contributed by atoms with Crippen molar-refractivity contribution in [2.75, 3.05) is 18.9 Å². The van der Waals surface area contributed by atoms with Gasteiger partial charge in [0.2, 0.25) is 5.91 Å². The minimum absolute atomic E-state index is 0.00939. The Morgan fingerprint density at radius 2 is 1.72 bits per heavy atom. The monoisotopic (exact) mass is 389 g/mol. The van der Waals surface area contributed by atoms with Crippen LogP contribution in [0.2, 0.25) is 0 Å². The summed E-state index contributed by atoms with van der Waals surface area (Å²) in [5, 5.41) is 13.7. The molecule has 0 atom stereocenters. The number of nitrogens with one attached hydrogen (secondary N) is 1. The Labute approximate surface area is 169 Å². The van der Waals surface area contributed by atoms with Crippen LogP contribution in [0.4, 0.5) is 11.4 Å². The van der Waals surface area contributed by atoms with E-state index < -0.39 is 4.92 Å². The van der Waals surface area contributed by atoms with E-state index in [1.54, 1.807) is 13.0 Å². The smallest absolute Gasteiger partial charge is 0.269 e. The van der Waals surface area contributed by atoms with Crippen molar-refractivity contribution in [2.24, 2.45) is 0 Å². The number of anilines is 1. The van der Waals surface area contributed by atoms with E-state index in [9.17, 15) is 14.9 Å². The molecule has 0 aliphatic heterocycles. The van der Waals surface area contributed by atoms with E-state index in [2.05, 4.69) is 29.6 Å². The Hall–Kier alpha value is -3.51. The van der Waals surface area contributed by atoms with Crippen molar-refractivity contribution in [2.45, 2.75) is 13.5 Å². The Balaban J connectivity index is 1.65. The quantitative estimate of drug-likeness (QED) is 0.472. The number of hydrogen-bond donors (Lipinski definition) is 1. The SMILES string of the molecule is Cc1cc([N+](=O)[O-])ccc1NC(=O)CN(C)Cc1ccccc1-c1ccccc1. The van der Waals surface area contributed by atoms with E-state index in [4.69, 9.17) is 0 Å². The Bertz CT molecular complexity index is 1020. The third kappa shape index (κ3) is 5.27. The average molecular weight is 389 g/mol. The zero-order valence-electron chi connectivity index (χ0n) is 16.5. The van der Waals surface area contributed by atoms with E-state index in [0.717, 1.165) is 16.7 Å². The van der Waals surface area contributed by atoms with Gasteiger partial charge in [-0.2, -0.15) is 0 Å². The number of benzene rings is 3. The second-order valence-electron chi connectivity index (χ2n) is 7.00. The molecule has 0 fully saturated rings. The molecule has 0 heterocycles. The molecule has 0 saturated heterocycles. The summed E-state index contributed by atoms with van der Waals surface area (Å²) >= 11 is 0. The van der Waals surface area contributed by atoms with Crippen molar-refractivity contribution in [3.63, 3.8) is 0 Å². The molecule has 3 aromatic carbocycles. The zero-order chi connectivity index (χ0) is 20.8. The van der Waals surface area contributed by atoms with Crippen LogP contribution in [0, 0.1) is 17.0 Å². The lowest BCUT2D eigenvalue weighted by atomic mass is 9.99. The minimum Gasteiger partial charge on any atom is -0.325 e. The molecule has 0 saturated carbocycles. The van der Waals surface area contributed by atoms with Crippen LogP contribution in [0.5, 0.6) is 0 Å². The van der Waals surface area contributed by atoms with Gasteiger partial charge in [0, 0.05) is 24.4 Å². The van der Waals surface area contributed by atoms with Gasteiger partial charge in [0.15, 0.2) is 0 Å². The number of rotatable bonds is 7. The van der Waals surface area contributed by atoms with E-state index in [1.807, 2.05) is 42.3 Å². The van der Waals surface area contributed by atoms with E-state index in [0.29, 0.717) is 17.8 Å². The molecule has 1 amide bonds. The van der Waals surface area contributed by atoms with Crippen molar-refractivity contribution in [3.05, 3.63) is 94.0 Å². The Morgan fingerprint density at radius 1 is 1.03 bits per heavy atom. The van der Waals surface area contributed by atoms with Crippen molar-refractivity contribution in [1.82, 2.24) is 4.90 Å². The first-order valence-electron chi connectivity index (χ1n) is 9.31. The number of hydrogen-bond acceptors (Lipinski definition) is 4. The fourth-order valence-electron chi connectivity index (χ4n) is 3.24. The highest BCUT2D eigenvalue weighted by Gasteiger charge is 2.13. The van der Waals surface area contributed by atoms with Gasteiger partial charge in [-0.15, -0.1) is 0 Å². The summed E-state index contributed by atoms with van der Waals surface area (Å²) in [7, 11) is 1.89. The molecule has 3 aromatic rings. The molecule has 29 heavy (non-hydrogen) atoms. The molecule has 0 aromatic heterocycles. The predicted octanol–water partition coefficient (Wildman–Crippen LogP) is 4.64. The maximum atomic E-state index is 12.5. The molecule has 0 unspecified atom stereocenters. The maximum absolute atomic E-state index is 12.5. The molecular formula is C23H23N3O3. The number of likely N-dealkylation sites (N-methyl/N-ethyl adjacent to an activating group) is 1. The summed E-state index contributed by atoms with van der Waals surface area (Å²) < 4.78 is 0. The largest absolute Gasteiger partial charge is 0.325 e.